The van der Waals surface area contributed by atoms with Gasteiger partial charge in [0.2, 0.25) is 0 Å². The van der Waals surface area contributed by atoms with Crippen LogP contribution in [0.5, 0.6) is 5.75 Å². The number of hydrazone groups is 1. The number of halogens is 3. The predicted molar refractivity (Wildman–Crippen MR) is 142 cm³/mol. The standard InChI is InChI=1S/C29H20F3N3O5/c30-29(31,32)26(37)16-11-13-19(14-12-16)35-23-10-2-1-7-21(23)24(27(35)38)34-33-22-9-4-8-20(25(22)36)17-5-3-6-18(15-17)28(39)40/h1-15,26,33,36-37H,(H,39,40)/b34-24-. The normalized spacial score (nSPS) is 14.8. The number of para-hydroxylation sites is 2. The largest absolute Gasteiger partial charge is 0.505 e. The van der Waals surface area contributed by atoms with Crippen molar-refractivity contribution in [3.63, 3.8) is 0 Å². The number of carboxylic acid groups (broad SMARTS) is 1. The van der Waals surface area contributed by atoms with Crippen LogP contribution in [0.15, 0.2) is 96.1 Å². The van der Waals surface area contributed by atoms with Crippen molar-refractivity contribution >= 4 is 34.7 Å². The molecule has 1 aliphatic heterocycles. The van der Waals surface area contributed by atoms with Crippen LogP contribution in [0.1, 0.15) is 27.6 Å². The summed E-state index contributed by atoms with van der Waals surface area (Å²) in [7, 11) is 0. The van der Waals surface area contributed by atoms with Crippen molar-refractivity contribution in [3.8, 4) is 16.9 Å². The summed E-state index contributed by atoms with van der Waals surface area (Å²) in [5.41, 5.74) is 4.49. The summed E-state index contributed by atoms with van der Waals surface area (Å²) in [5, 5.41) is 33.9. The van der Waals surface area contributed by atoms with Gasteiger partial charge in [-0.1, -0.05) is 54.6 Å². The lowest BCUT2D eigenvalue weighted by molar-refractivity contribution is -0.206. The Kier molecular flexibility index (Phi) is 6.74. The van der Waals surface area contributed by atoms with Gasteiger partial charge < -0.3 is 15.3 Å². The van der Waals surface area contributed by atoms with Crippen LogP contribution in [-0.4, -0.2) is 39.1 Å². The van der Waals surface area contributed by atoms with Gasteiger partial charge in [-0.3, -0.25) is 15.1 Å². The Labute approximate surface area is 225 Å². The molecule has 0 saturated carbocycles. The molecule has 0 aromatic heterocycles. The number of fused-ring (bicyclic) bond motifs is 1. The third kappa shape index (κ3) is 4.85. The van der Waals surface area contributed by atoms with Crippen LogP contribution in [-0.2, 0) is 4.79 Å². The highest BCUT2D eigenvalue weighted by atomic mass is 19.4. The van der Waals surface area contributed by atoms with Gasteiger partial charge in [0.25, 0.3) is 5.91 Å². The maximum Gasteiger partial charge on any atom is 0.418 e. The third-order valence-corrected chi connectivity index (χ3v) is 6.33. The number of nitrogens with one attached hydrogen (secondary N) is 1. The smallest absolute Gasteiger partial charge is 0.418 e. The van der Waals surface area contributed by atoms with Crippen LogP contribution < -0.4 is 10.3 Å². The molecular formula is C29H20F3N3O5. The van der Waals surface area contributed by atoms with Crippen LogP contribution in [0, 0.1) is 0 Å². The van der Waals surface area contributed by atoms with E-state index in [9.17, 15) is 38.1 Å². The number of amides is 1. The molecule has 4 N–H and O–H groups in total. The summed E-state index contributed by atoms with van der Waals surface area (Å²) in [6, 6.07) is 22.3. The van der Waals surface area contributed by atoms with Crippen molar-refractivity contribution in [2.75, 3.05) is 10.3 Å². The lowest BCUT2D eigenvalue weighted by Gasteiger charge is -2.19. The fourth-order valence-electron chi connectivity index (χ4n) is 4.36. The first-order chi connectivity index (χ1) is 19.1. The molecule has 8 nitrogen and oxygen atoms in total. The second-order valence-corrected chi connectivity index (χ2v) is 8.85. The minimum absolute atomic E-state index is 0.00678. The van der Waals surface area contributed by atoms with Crippen LogP contribution >= 0.6 is 0 Å². The first-order valence-electron chi connectivity index (χ1n) is 11.8. The quantitative estimate of drug-likeness (QED) is 0.178. The number of aromatic hydroxyl groups is 1. The van der Waals surface area contributed by atoms with Gasteiger partial charge in [-0.25, -0.2) is 4.79 Å². The van der Waals surface area contributed by atoms with Crippen LogP contribution in [0.4, 0.5) is 30.2 Å². The van der Waals surface area contributed by atoms with Gasteiger partial charge >= 0.3 is 12.1 Å². The van der Waals surface area contributed by atoms with Crippen LogP contribution in [0.3, 0.4) is 0 Å². The van der Waals surface area contributed by atoms with Crippen LogP contribution in [0.2, 0.25) is 0 Å². The first-order valence-corrected chi connectivity index (χ1v) is 11.8. The zero-order valence-electron chi connectivity index (χ0n) is 20.4. The number of hydrogen-bond acceptors (Lipinski definition) is 6. The molecule has 0 radical (unpaired) electrons. The highest BCUT2D eigenvalue weighted by Crippen LogP contribution is 2.39. The minimum Gasteiger partial charge on any atom is -0.505 e. The van der Waals surface area contributed by atoms with Gasteiger partial charge in [-0.15, -0.1) is 0 Å². The van der Waals surface area contributed by atoms with E-state index in [2.05, 4.69) is 10.5 Å². The summed E-state index contributed by atoms with van der Waals surface area (Å²) in [5.74, 6) is -1.90. The molecule has 202 valence electrons. The van der Waals surface area contributed by atoms with E-state index in [1.807, 2.05) is 0 Å². The molecular weight excluding hydrogens is 527 g/mol. The van der Waals surface area contributed by atoms with Crippen molar-refractivity contribution in [3.05, 3.63) is 108 Å². The molecule has 4 aromatic rings. The molecule has 40 heavy (non-hydrogen) atoms. The number of anilines is 3. The number of aromatic carboxylic acids is 1. The zero-order valence-corrected chi connectivity index (χ0v) is 20.4. The van der Waals surface area contributed by atoms with Crippen molar-refractivity contribution in [1.82, 2.24) is 0 Å². The van der Waals surface area contributed by atoms with E-state index < -0.39 is 24.2 Å². The number of phenols is 1. The van der Waals surface area contributed by atoms with Gasteiger partial charge in [0.15, 0.2) is 11.8 Å². The van der Waals surface area contributed by atoms with E-state index in [1.165, 1.54) is 35.2 Å². The molecule has 1 atom stereocenters. The maximum atomic E-state index is 13.4. The maximum absolute atomic E-state index is 13.4. The molecule has 1 amide bonds. The molecule has 0 fully saturated rings. The zero-order chi connectivity index (χ0) is 28.6. The monoisotopic (exact) mass is 547 g/mol. The summed E-state index contributed by atoms with van der Waals surface area (Å²) < 4.78 is 38.7. The van der Waals surface area contributed by atoms with Gasteiger partial charge in [0.1, 0.15) is 5.75 Å². The van der Waals surface area contributed by atoms with Gasteiger partial charge in [-0.2, -0.15) is 18.3 Å². The average Bonchev–Trinajstić information content (AvgIpc) is 3.22. The second kappa shape index (κ2) is 10.2. The molecule has 0 spiro atoms. The molecule has 1 heterocycles. The Morgan fingerprint density at radius 3 is 2.27 bits per heavy atom. The van der Waals surface area contributed by atoms with E-state index >= 15 is 0 Å². The van der Waals surface area contributed by atoms with Crippen molar-refractivity contribution < 1.29 is 38.1 Å². The number of nitrogens with zero attached hydrogens (tertiary/aromatic N) is 2. The predicted octanol–water partition coefficient (Wildman–Crippen LogP) is 5.85. The first kappa shape index (κ1) is 26.4. The average molecular weight is 547 g/mol. The highest BCUT2D eigenvalue weighted by Gasteiger charge is 2.40. The number of aliphatic hydroxyl groups is 1. The Balaban J connectivity index is 1.46. The summed E-state index contributed by atoms with van der Waals surface area (Å²) in [6.07, 6.45) is -7.48. The number of benzene rings is 4. The van der Waals surface area contributed by atoms with E-state index in [0.29, 0.717) is 22.4 Å². The Morgan fingerprint density at radius 1 is 0.900 bits per heavy atom. The molecule has 11 heteroatoms. The second-order valence-electron chi connectivity index (χ2n) is 8.85. The summed E-state index contributed by atoms with van der Waals surface area (Å²) in [4.78, 5) is 26.1. The van der Waals surface area contributed by atoms with E-state index in [-0.39, 0.29) is 34.0 Å². The molecule has 0 saturated heterocycles. The van der Waals surface area contributed by atoms with E-state index in [1.54, 1.807) is 48.5 Å². The van der Waals surface area contributed by atoms with Crippen molar-refractivity contribution in [2.24, 2.45) is 5.10 Å². The number of carbonyl (C=O) groups is 2. The lowest BCUT2D eigenvalue weighted by atomic mass is 10.0. The number of alkyl halides is 3. The minimum atomic E-state index is -4.83. The van der Waals surface area contributed by atoms with Gasteiger partial charge in [0, 0.05) is 16.8 Å². The van der Waals surface area contributed by atoms with Crippen molar-refractivity contribution in [2.45, 2.75) is 12.3 Å². The SMILES string of the molecule is O=C(O)c1cccc(-c2cccc(N/N=C3\C(=O)N(c4ccc(C(O)C(F)(F)F)cc4)c4ccccc43)c2O)c1. The number of carboxylic acids is 1. The molecule has 1 aliphatic rings. The fourth-order valence-corrected chi connectivity index (χ4v) is 4.36. The van der Waals surface area contributed by atoms with E-state index in [4.69, 9.17) is 0 Å². The third-order valence-electron chi connectivity index (χ3n) is 6.33. The molecule has 0 bridgehead atoms. The summed E-state index contributed by atoms with van der Waals surface area (Å²) >= 11 is 0. The molecule has 5 rings (SSSR count). The number of aliphatic hydroxyl groups excluding tert-OH is 1. The van der Waals surface area contributed by atoms with E-state index in [0.717, 1.165) is 12.1 Å². The topological polar surface area (TPSA) is 122 Å². The molecule has 4 aromatic carbocycles. The van der Waals surface area contributed by atoms with Crippen LogP contribution in [0.25, 0.3) is 11.1 Å². The van der Waals surface area contributed by atoms with Crippen molar-refractivity contribution in [1.29, 1.82) is 0 Å². The summed E-state index contributed by atoms with van der Waals surface area (Å²) in [6.45, 7) is 0. The molecule has 0 aliphatic carbocycles. The fraction of sp³-hybridized carbons (Fsp3) is 0.0690. The van der Waals surface area contributed by atoms with Gasteiger partial charge in [0.05, 0.1) is 16.9 Å². The number of carbonyl (C=O) groups excluding carboxylic acids is 1. The Bertz CT molecular complexity index is 1650. The Morgan fingerprint density at radius 2 is 1.57 bits per heavy atom. The Hall–Kier alpha value is -5.16. The number of hydrogen-bond donors (Lipinski definition) is 4. The molecule has 1 unspecified atom stereocenters. The van der Waals surface area contributed by atoms with Gasteiger partial charge in [-0.05, 0) is 47.5 Å². The lowest BCUT2D eigenvalue weighted by Crippen LogP contribution is -2.26. The number of rotatable bonds is 6. The number of phenolic OH excluding ortho intramolecular Hbond substituents is 1. The highest BCUT2D eigenvalue weighted by molar-refractivity contribution is 6.55.